The summed E-state index contributed by atoms with van der Waals surface area (Å²) in [5.41, 5.74) is 2.20. The number of fused-ring (bicyclic) bond motifs is 1. The Morgan fingerprint density at radius 1 is 1.21 bits per heavy atom. The predicted octanol–water partition coefficient (Wildman–Crippen LogP) is 4.78. The van der Waals surface area contributed by atoms with Gasteiger partial charge in [0.05, 0.1) is 6.42 Å². The lowest BCUT2D eigenvalue weighted by Gasteiger charge is -2.33. The van der Waals surface area contributed by atoms with Gasteiger partial charge in [-0.1, -0.05) is 55.4 Å². The molecule has 0 fully saturated rings. The van der Waals surface area contributed by atoms with Crippen LogP contribution in [0.25, 0.3) is 6.08 Å². The number of rotatable bonds is 6. The second-order valence-corrected chi connectivity index (χ2v) is 7.41. The number of aliphatic hydroxyl groups is 1. The van der Waals surface area contributed by atoms with Crippen molar-refractivity contribution < 1.29 is 9.90 Å². The van der Waals surface area contributed by atoms with Crippen molar-refractivity contribution in [1.29, 1.82) is 0 Å². The predicted molar refractivity (Wildman–Crippen MR) is 98.6 cm³/mol. The van der Waals surface area contributed by atoms with E-state index in [9.17, 15) is 9.90 Å². The Hall–Kier alpha value is -1.91. The average molecular weight is 339 g/mol. The van der Waals surface area contributed by atoms with Gasteiger partial charge in [0.15, 0.2) is 5.78 Å². The molecule has 1 aliphatic heterocycles. The maximum atomic E-state index is 12.6. The minimum absolute atomic E-state index is 0.0230. The number of hydrogen-bond acceptors (Lipinski definition) is 4. The third-order valence-corrected chi connectivity index (χ3v) is 5.41. The molecular weight excluding hydrogens is 318 g/mol. The Bertz CT molecular complexity index is 757. The van der Waals surface area contributed by atoms with Gasteiger partial charge in [-0.25, -0.2) is 0 Å². The maximum absolute atomic E-state index is 12.6. The summed E-state index contributed by atoms with van der Waals surface area (Å²) in [7, 11) is 0. The lowest BCUT2D eigenvalue weighted by Crippen LogP contribution is -2.28. The van der Waals surface area contributed by atoms with Crippen LogP contribution in [0.3, 0.4) is 0 Å². The molecule has 2 aromatic rings. The number of ketones is 1. The Kier molecular flexibility index (Phi) is 5.17. The van der Waals surface area contributed by atoms with Crippen LogP contribution in [-0.2, 0) is 4.93 Å². The van der Waals surface area contributed by atoms with Crippen molar-refractivity contribution in [3.05, 3.63) is 70.4 Å². The van der Waals surface area contributed by atoms with Gasteiger partial charge < -0.3 is 5.11 Å². The number of Topliss-reactive ketones (excluding diaryl/α,β-unsaturated/α-hetero) is 1. The van der Waals surface area contributed by atoms with Gasteiger partial charge in [-0.05, 0) is 41.5 Å². The standard InChI is InChI=1S/C20H21NO2S/c1-2-3-9-16-13-15-8-4-5-10-17(15)20(23,24-16)14-19(22)18-11-6-7-12-21-18/h4-8,10-13,23H,2-3,9,14H2,1H3. The van der Waals surface area contributed by atoms with Crippen molar-refractivity contribution in [3.63, 3.8) is 0 Å². The van der Waals surface area contributed by atoms with Crippen molar-refractivity contribution in [1.82, 2.24) is 4.98 Å². The van der Waals surface area contributed by atoms with E-state index in [1.54, 1.807) is 24.4 Å². The highest BCUT2D eigenvalue weighted by atomic mass is 32.2. The molecule has 1 N–H and O–H groups in total. The largest absolute Gasteiger partial charge is 0.374 e. The SMILES string of the molecule is CCCCC1=Cc2ccccc2C(O)(CC(=O)c2ccccn2)S1. The number of aromatic nitrogens is 1. The van der Waals surface area contributed by atoms with Crippen LogP contribution in [0, 0.1) is 0 Å². The first-order valence-electron chi connectivity index (χ1n) is 8.28. The van der Waals surface area contributed by atoms with Gasteiger partial charge in [-0.2, -0.15) is 0 Å². The third kappa shape index (κ3) is 3.60. The molecule has 124 valence electrons. The zero-order chi connectivity index (χ0) is 17.0. The molecule has 0 aliphatic carbocycles. The Balaban J connectivity index is 1.90. The lowest BCUT2D eigenvalue weighted by molar-refractivity contribution is 0.0803. The van der Waals surface area contributed by atoms with E-state index in [2.05, 4.69) is 18.0 Å². The van der Waals surface area contributed by atoms with Crippen LogP contribution in [0.2, 0.25) is 0 Å². The van der Waals surface area contributed by atoms with Crippen LogP contribution >= 0.6 is 11.8 Å². The quantitative estimate of drug-likeness (QED) is 0.770. The van der Waals surface area contributed by atoms with Crippen molar-refractivity contribution in [2.75, 3.05) is 0 Å². The average Bonchev–Trinajstić information content (AvgIpc) is 2.60. The van der Waals surface area contributed by atoms with Gasteiger partial charge in [0.1, 0.15) is 10.6 Å². The summed E-state index contributed by atoms with van der Waals surface area (Å²) in [5.74, 6) is -0.142. The van der Waals surface area contributed by atoms with Crippen molar-refractivity contribution in [2.24, 2.45) is 0 Å². The summed E-state index contributed by atoms with van der Waals surface area (Å²) < 4.78 is 0. The summed E-state index contributed by atoms with van der Waals surface area (Å²) >= 11 is 1.41. The molecule has 1 atom stereocenters. The fourth-order valence-electron chi connectivity index (χ4n) is 2.89. The molecule has 1 aromatic heterocycles. The van der Waals surface area contributed by atoms with Crippen LogP contribution in [0.15, 0.2) is 53.6 Å². The lowest BCUT2D eigenvalue weighted by atomic mass is 9.96. The second kappa shape index (κ2) is 7.32. The molecule has 3 nitrogen and oxygen atoms in total. The second-order valence-electron chi connectivity index (χ2n) is 6.00. The van der Waals surface area contributed by atoms with Crippen LogP contribution in [0.1, 0.15) is 54.2 Å². The first-order valence-corrected chi connectivity index (χ1v) is 9.10. The van der Waals surface area contributed by atoms with E-state index in [0.717, 1.165) is 35.3 Å². The molecule has 1 aromatic carbocycles. The zero-order valence-electron chi connectivity index (χ0n) is 13.7. The number of thioether (sulfide) groups is 1. The highest BCUT2D eigenvalue weighted by Crippen LogP contribution is 2.49. The van der Waals surface area contributed by atoms with Crippen LogP contribution < -0.4 is 0 Å². The van der Waals surface area contributed by atoms with Crippen molar-refractivity contribution >= 4 is 23.6 Å². The van der Waals surface area contributed by atoms with Gasteiger partial charge in [0.2, 0.25) is 0 Å². The first kappa shape index (κ1) is 16.9. The van der Waals surface area contributed by atoms with E-state index >= 15 is 0 Å². The van der Waals surface area contributed by atoms with Gasteiger partial charge in [0, 0.05) is 11.8 Å². The smallest absolute Gasteiger partial charge is 0.185 e. The maximum Gasteiger partial charge on any atom is 0.185 e. The van der Waals surface area contributed by atoms with E-state index in [1.807, 2.05) is 24.3 Å². The van der Waals surface area contributed by atoms with Crippen molar-refractivity contribution in [3.8, 4) is 0 Å². The monoisotopic (exact) mass is 339 g/mol. The van der Waals surface area contributed by atoms with Crippen LogP contribution in [-0.4, -0.2) is 15.9 Å². The Morgan fingerprint density at radius 3 is 2.75 bits per heavy atom. The number of hydrogen-bond donors (Lipinski definition) is 1. The van der Waals surface area contributed by atoms with Crippen molar-refractivity contribution in [2.45, 2.75) is 37.5 Å². The summed E-state index contributed by atoms with van der Waals surface area (Å²) in [4.78, 5) is 16.6. The highest BCUT2D eigenvalue weighted by Gasteiger charge is 2.38. The highest BCUT2D eigenvalue weighted by molar-refractivity contribution is 8.04. The molecule has 4 heteroatoms. The Morgan fingerprint density at radius 2 is 2.00 bits per heavy atom. The number of unbranched alkanes of at least 4 members (excludes halogenated alkanes) is 1. The first-order chi connectivity index (χ1) is 11.6. The van der Waals surface area contributed by atoms with E-state index < -0.39 is 4.93 Å². The molecule has 0 amide bonds. The molecule has 2 heterocycles. The van der Waals surface area contributed by atoms with Crippen LogP contribution in [0.4, 0.5) is 0 Å². The molecule has 0 spiro atoms. The number of carbonyl (C=O) groups excluding carboxylic acids is 1. The van der Waals surface area contributed by atoms with E-state index in [0.29, 0.717) is 5.69 Å². The minimum Gasteiger partial charge on any atom is -0.374 e. The summed E-state index contributed by atoms with van der Waals surface area (Å²) in [5, 5.41) is 11.3. The molecule has 0 saturated heterocycles. The van der Waals surface area contributed by atoms with E-state index in [-0.39, 0.29) is 12.2 Å². The normalized spacial score (nSPS) is 19.5. The molecule has 0 bridgehead atoms. The molecule has 24 heavy (non-hydrogen) atoms. The Labute approximate surface area is 146 Å². The molecule has 0 saturated carbocycles. The number of carbonyl (C=O) groups is 1. The number of benzene rings is 1. The van der Waals surface area contributed by atoms with E-state index in [4.69, 9.17) is 0 Å². The molecule has 1 aliphatic rings. The van der Waals surface area contributed by atoms with Gasteiger partial charge in [-0.3, -0.25) is 9.78 Å². The van der Waals surface area contributed by atoms with Gasteiger partial charge >= 0.3 is 0 Å². The van der Waals surface area contributed by atoms with Gasteiger partial charge in [-0.15, -0.1) is 0 Å². The summed E-state index contributed by atoms with van der Waals surface area (Å²) in [6, 6.07) is 13.0. The summed E-state index contributed by atoms with van der Waals surface area (Å²) in [6.07, 6.45) is 6.86. The number of allylic oxidation sites excluding steroid dienone is 1. The molecule has 0 radical (unpaired) electrons. The number of nitrogens with zero attached hydrogens (tertiary/aromatic N) is 1. The fourth-order valence-corrected chi connectivity index (χ4v) is 4.26. The van der Waals surface area contributed by atoms with Gasteiger partial charge in [0.25, 0.3) is 0 Å². The fraction of sp³-hybridized carbons (Fsp3) is 0.300. The summed E-state index contributed by atoms with van der Waals surface area (Å²) in [6.45, 7) is 2.15. The van der Waals surface area contributed by atoms with E-state index in [1.165, 1.54) is 11.8 Å². The van der Waals surface area contributed by atoms with Crippen LogP contribution in [0.5, 0.6) is 0 Å². The third-order valence-electron chi connectivity index (χ3n) is 4.13. The minimum atomic E-state index is -1.23. The zero-order valence-corrected chi connectivity index (χ0v) is 14.6. The molecule has 3 rings (SSSR count). The number of pyridine rings is 1. The molecular formula is C20H21NO2S. The molecule has 1 unspecified atom stereocenters. The topological polar surface area (TPSA) is 50.2 Å².